The number of fused-ring (bicyclic) bond motifs is 1. The Morgan fingerprint density at radius 1 is 1.03 bits per heavy atom. The third-order valence-corrected chi connectivity index (χ3v) is 6.35. The van der Waals surface area contributed by atoms with E-state index < -0.39 is 18.4 Å². The number of rotatable bonds is 6. The lowest BCUT2D eigenvalue weighted by Crippen LogP contribution is -2.35. The van der Waals surface area contributed by atoms with E-state index in [1.807, 2.05) is 0 Å². The lowest BCUT2D eigenvalue weighted by Gasteiger charge is -2.29. The second kappa shape index (κ2) is 9.54. The average molecular weight is 470 g/mol. The van der Waals surface area contributed by atoms with E-state index in [4.69, 9.17) is 16.3 Å². The summed E-state index contributed by atoms with van der Waals surface area (Å²) in [6, 6.07) is 17.7. The van der Waals surface area contributed by atoms with Crippen molar-refractivity contribution in [3.63, 3.8) is 0 Å². The summed E-state index contributed by atoms with van der Waals surface area (Å²) in [5.41, 5.74) is 1.29. The molecule has 0 bridgehead atoms. The Kier molecular flexibility index (Phi) is 6.58. The maximum atomic E-state index is 14.3. The summed E-state index contributed by atoms with van der Waals surface area (Å²) in [7, 11) is 0. The molecule has 0 saturated carbocycles. The molecular formula is C24H17ClFNO4S. The number of amides is 1. The van der Waals surface area contributed by atoms with Gasteiger partial charge in [0.05, 0.1) is 23.5 Å². The first-order valence-corrected chi connectivity index (χ1v) is 11.1. The molecule has 0 saturated heterocycles. The lowest BCUT2D eigenvalue weighted by atomic mass is 10.1. The van der Waals surface area contributed by atoms with Crippen LogP contribution < -0.4 is 4.90 Å². The van der Waals surface area contributed by atoms with E-state index >= 15 is 0 Å². The third-order valence-electron chi connectivity index (χ3n) is 4.95. The predicted octanol–water partition coefficient (Wildman–Crippen LogP) is 5.16. The van der Waals surface area contributed by atoms with Crippen molar-refractivity contribution in [3.8, 4) is 0 Å². The van der Waals surface area contributed by atoms with E-state index in [-0.39, 0.29) is 40.1 Å². The van der Waals surface area contributed by atoms with Crippen molar-refractivity contribution in [2.75, 3.05) is 17.3 Å². The van der Waals surface area contributed by atoms with Gasteiger partial charge in [0.15, 0.2) is 12.4 Å². The monoisotopic (exact) mass is 469 g/mol. The molecule has 3 aromatic carbocycles. The van der Waals surface area contributed by atoms with Crippen molar-refractivity contribution < 1.29 is 23.5 Å². The van der Waals surface area contributed by atoms with Crippen molar-refractivity contribution in [1.82, 2.24) is 0 Å². The molecule has 3 aromatic rings. The molecular weight excluding hydrogens is 453 g/mol. The summed E-state index contributed by atoms with van der Waals surface area (Å²) >= 11 is 7.47. The van der Waals surface area contributed by atoms with Crippen LogP contribution in [0.1, 0.15) is 26.3 Å². The van der Waals surface area contributed by atoms with Crippen molar-refractivity contribution in [2.45, 2.75) is 11.4 Å². The third kappa shape index (κ3) is 4.69. The molecule has 5 nitrogen and oxygen atoms in total. The van der Waals surface area contributed by atoms with Gasteiger partial charge in [-0.3, -0.25) is 9.59 Å². The van der Waals surface area contributed by atoms with E-state index in [0.717, 1.165) is 4.90 Å². The van der Waals surface area contributed by atoms with E-state index in [9.17, 15) is 18.8 Å². The normalized spacial score (nSPS) is 12.9. The Labute approximate surface area is 193 Å². The number of anilines is 1. The number of hydrogen-bond donors (Lipinski definition) is 0. The minimum atomic E-state index is -0.691. The highest BCUT2D eigenvalue weighted by atomic mass is 35.5. The zero-order valence-corrected chi connectivity index (χ0v) is 18.3. The molecule has 1 aliphatic rings. The summed E-state index contributed by atoms with van der Waals surface area (Å²) in [6.07, 6.45) is 0. The largest absolute Gasteiger partial charge is 0.454 e. The van der Waals surface area contributed by atoms with Crippen LogP contribution in [-0.4, -0.2) is 30.0 Å². The number of thioether (sulfide) groups is 1. The average Bonchev–Trinajstić information content (AvgIpc) is 2.81. The van der Waals surface area contributed by atoms with Crippen LogP contribution in [-0.2, 0) is 16.1 Å². The second-order valence-electron chi connectivity index (χ2n) is 7.02. The minimum Gasteiger partial charge on any atom is -0.454 e. The zero-order valence-electron chi connectivity index (χ0n) is 16.7. The van der Waals surface area contributed by atoms with Crippen LogP contribution in [0.2, 0.25) is 5.02 Å². The number of esters is 1. The molecule has 32 heavy (non-hydrogen) atoms. The highest BCUT2D eigenvalue weighted by Gasteiger charge is 2.27. The Hall–Kier alpha value is -3.16. The summed E-state index contributed by atoms with van der Waals surface area (Å²) in [4.78, 5) is 39.5. The fourth-order valence-electron chi connectivity index (χ4n) is 3.27. The first-order chi connectivity index (χ1) is 15.4. The van der Waals surface area contributed by atoms with Crippen LogP contribution in [0.4, 0.5) is 10.1 Å². The van der Waals surface area contributed by atoms with Crippen molar-refractivity contribution in [1.29, 1.82) is 0 Å². The molecule has 4 rings (SSSR count). The molecule has 0 spiro atoms. The predicted molar refractivity (Wildman–Crippen MR) is 121 cm³/mol. The Morgan fingerprint density at radius 2 is 1.81 bits per heavy atom. The quantitative estimate of drug-likeness (QED) is 0.368. The highest BCUT2D eigenvalue weighted by Crippen LogP contribution is 2.38. The number of hydrogen-bond acceptors (Lipinski definition) is 5. The van der Waals surface area contributed by atoms with Gasteiger partial charge in [0.25, 0.3) is 0 Å². The van der Waals surface area contributed by atoms with Crippen molar-refractivity contribution >= 4 is 46.7 Å². The van der Waals surface area contributed by atoms with Crippen LogP contribution in [0.5, 0.6) is 0 Å². The first kappa shape index (κ1) is 22.0. The lowest BCUT2D eigenvalue weighted by molar-refractivity contribution is -0.116. The van der Waals surface area contributed by atoms with E-state index in [2.05, 4.69) is 0 Å². The molecule has 0 fully saturated rings. The smallest absolute Gasteiger partial charge is 0.338 e. The van der Waals surface area contributed by atoms with Crippen LogP contribution >= 0.6 is 23.4 Å². The van der Waals surface area contributed by atoms with Gasteiger partial charge in [-0.1, -0.05) is 48.0 Å². The van der Waals surface area contributed by atoms with Gasteiger partial charge in [-0.25, -0.2) is 9.18 Å². The Balaban J connectivity index is 1.55. The van der Waals surface area contributed by atoms with Crippen LogP contribution in [0, 0.1) is 5.82 Å². The van der Waals surface area contributed by atoms with E-state index in [0.29, 0.717) is 11.3 Å². The van der Waals surface area contributed by atoms with Crippen molar-refractivity contribution in [2.24, 2.45) is 0 Å². The highest BCUT2D eigenvalue weighted by molar-refractivity contribution is 8.00. The van der Waals surface area contributed by atoms with E-state index in [1.165, 1.54) is 34.9 Å². The molecule has 1 amide bonds. The fourth-order valence-corrected chi connectivity index (χ4v) is 4.40. The second-order valence-corrected chi connectivity index (χ2v) is 8.44. The number of ketones is 1. The zero-order chi connectivity index (χ0) is 22.7. The Morgan fingerprint density at radius 3 is 2.56 bits per heavy atom. The van der Waals surface area contributed by atoms with Crippen LogP contribution in [0.3, 0.4) is 0 Å². The molecule has 0 aromatic heterocycles. The maximum absolute atomic E-state index is 14.3. The number of carbonyl (C=O) groups excluding carboxylic acids is 3. The van der Waals surface area contributed by atoms with Gasteiger partial charge in [-0.15, -0.1) is 11.8 Å². The molecule has 0 N–H and O–H groups in total. The molecule has 1 aliphatic heterocycles. The number of halogens is 2. The summed E-state index contributed by atoms with van der Waals surface area (Å²) in [5.74, 6) is -1.57. The van der Waals surface area contributed by atoms with Gasteiger partial charge in [-0.05, 0) is 30.3 Å². The summed E-state index contributed by atoms with van der Waals surface area (Å²) in [6.45, 7) is -0.467. The number of carbonyl (C=O) groups is 3. The minimum absolute atomic E-state index is 0.0666. The van der Waals surface area contributed by atoms with Gasteiger partial charge in [0.1, 0.15) is 5.82 Å². The van der Waals surface area contributed by atoms with Crippen molar-refractivity contribution in [3.05, 3.63) is 94.3 Å². The number of nitrogens with zero attached hydrogens (tertiary/aromatic N) is 1. The topological polar surface area (TPSA) is 63.7 Å². The molecule has 0 aliphatic carbocycles. The summed E-state index contributed by atoms with van der Waals surface area (Å²) < 4.78 is 19.5. The number of benzene rings is 3. The van der Waals surface area contributed by atoms with Gasteiger partial charge in [-0.2, -0.15) is 0 Å². The molecule has 0 atom stereocenters. The molecule has 0 unspecified atom stereocenters. The number of Topliss-reactive ketones (excluding diaryl/α,β-unsaturated/α-hetero) is 1. The van der Waals surface area contributed by atoms with Crippen LogP contribution in [0.25, 0.3) is 0 Å². The first-order valence-electron chi connectivity index (χ1n) is 9.69. The molecule has 8 heteroatoms. The van der Waals surface area contributed by atoms with E-state index in [1.54, 1.807) is 48.5 Å². The van der Waals surface area contributed by atoms with Crippen LogP contribution in [0.15, 0.2) is 71.6 Å². The van der Waals surface area contributed by atoms with Gasteiger partial charge < -0.3 is 9.64 Å². The molecule has 162 valence electrons. The van der Waals surface area contributed by atoms with Gasteiger partial charge >= 0.3 is 5.97 Å². The fraction of sp³-hybridized carbons (Fsp3) is 0.125. The Bertz CT molecular complexity index is 1180. The number of ether oxygens (including phenoxy) is 1. The van der Waals surface area contributed by atoms with Gasteiger partial charge in [0.2, 0.25) is 5.91 Å². The SMILES string of the molecule is O=C(COC(=O)c1ccc2c(c1)N(Cc1c(F)cccc1Cl)C(=O)CS2)c1ccccc1. The maximum Gasteiger partial charge on any atom is 0.338 e. The van der Waals surface area contributed by atoms with Gasteiger partial charge in [0, 0.05) is 21.0 Å². The summed E-state index contributed by atoms with van der Waals surface area (Å²) in [5, 5.41) is 0.215. The standard InChI is InChI=1S/C24H17ClFNO4S/c25-18-7-4-8-19(26)17(18)12-27-20-11-16(9-10-22(20)32-14-23(27)29)24(30)31-13-21(28)15-5-2-1-3-6-15/h1-11H,12-14H2. The molecule has 1 heterocycles. The molecule has 0 radical (unpaired) electrons.